The molecule has 1 aromatic carbocycles. The van der Waals surface area contributed by atoms with Gasteiger partial charge in [0.05, 0.1) is 16.6 Å². The fraction of sp³-hybridized carbons (Fsp3) is 0.385. The second-order valence-electron chi connectivity index (χ2n) is 4.97. The third-order valence-corrected chi connectivity index (χ3v) is 4.56. The Morgan fingerprint density at radius 3 is 2.24 bits per heavy atom. The second kappa shape index (κ2) is 4.95. The lowest BCUT2D eigenvalue weighted by atomic mass is 10.0. The average molecular weight is 359 g/mol. The van der Waals surface area contributed by atoms with Gasteiger partial charge in [-0.3, -0.25) is 0 Å². The molecular formula is C13H9Cl3F3NO. The van der Waals surface area contributed by atoms with E-state index < -0.39 is 22.1 Å². The highest BCUT2D eigenvalue weighted by Gasteiger charge is 2.59. The number of rotatable bonds is 2. The van der Waals surface area contributed by atoms with Gasteiger partial charge >= 0.3 is 6.18 Å². The quantitative estimate of drug-likeness (QED) is 0.688. The van der Waals surface area contributed by atoms with Crippen molar-refractivity contribution in [3.63, 3.8) is 0 Å². The van der Waals surface area contributed by atoms with Gasteiger partial charge in [-0.05, 0) is 17.7 Å². The maximum absolute atomic E-state index is 12.6. The maximum Gasteiger partial charge on any atom is 0.416 e. The summed E-state index contributed by atoms with van der Waals surface area (Å²) in [5, 5.41) is 1.89. The van der Waals surface area contributed by atoms with Gasteiger partial charge in [0.25, 0.3) is 0 Å². The second-order valence-corrected chi connectivity index (χ2v) is 6.95. The van der Waals surface area contributed by atoms with E-state index in [1.165, 1.54) is 23.5 Å². The standard InChI is InChI=1S/C13H9Cl3F3NO/c14-9-6-21-20(10-5-12(10,15)16)11(9)7-1-3-8(4-2-7)13(17,18)19/h1-4,6,10-11H,5H2. The first-order valence-electron chi connectivity index (χ1n) is 6.06. The molecular weight excluding hydrogens is 350 g/mol. The Morgan fingerprint density at radius 2 is 1.76 bits per heavy atom. The summed E-state index contributed by atoms with van der Waals surface area (Å²) in [6.07, 6.45) is -2.53. The van der Waals surface area contributed by atoms with Gasteiger partial charge in [-0.2, -0.15) is 13.2 Å². The zero-order valence-electron chi connectivity index (χ0n) is 10.4. The van der Waals surface area contributed by atoms with Gasteiger partial charge in [0, 0.05) is 6.42 Å². The van der Waals surface area contributed by atoms with E-state index in [-0.39, 0.29) is 6.04 Å². The van der Waals surface area contributed by atoms with Crippen molar-refractivity contribution in [3.05, 3.63) is 46.7 Å². The number of hydroxylamine groups is 2. The molecule has 2 atom stereocenters. The molecule has 0 spiro atoms. The van der Waals surface area contributed by atoms with Gasteiger partial charge in [-0.25, -0.2) is 0 Å². The van der Waals surface area contributed by atoms with Crippen LogP contribution in [0.2, 0.25) is 0 Å². The molecule has 1 heterocycles. The van der Waals surface area contributed by atoms with Gasteiger partial charge in [-0.1, -0.05) is 46.9 Å². The predicted octanol–water partition coefficient (Wildman–Crippen LogP) is 5.02. The summed E-state index contributed by atoms with van der Waals surface area (Å²) >= 11 is 18.1. The van der Waals surface area contributed by atoms with E-state index in [1.54, 1.807) is 0 Å². The summed E-state index contributed by atoms with van der Waals surface area (Å²) < 4.78 is 36.8. The molecule has 1 aromatic rings. The minimum atomic E-state index is -4.37. The van der Waals surface area contributed by atoms with Crippen LogP contribution in [0.5, 0.6) is 0 Å². The third-order valence-electron chi connectivity index (χ3n) is 3.46. The molecule has 0 saturated heterocycles. The topological polar surface area (TPSA) is 12.5 Å². The molecule has 2 aliphatic rings. The molecule has 2 unspecified atom stereocenters. The van der Waals surface area contributed by atoms with Crippen LogP contribution >= 0.6 is 34.8 Å². The van der Waals surface area contributed by atoms with Crippen LogP contribution in [0, 0.1) is 0 Å². The first-order chi connectivity index (χ1) is 9.70. The Kier molecular flexibility index (Phi) is 3.60. The molecule has 0 aromatic heterocycles. The van der Waals surface area contributed by atoms with Crippen molar-refractivity contribution >= 4 is 34.8 Å². The number of hydrogen-bond acceptors (Lipinski definition) is 2. The van der Waals surface area contributed by atoms with E-state index in [0.717, 1.165) is 12.1 Å². The van der Waals surface area contributed by atoms with E-state index in [9.17, 15) is 13.2 Å². The van der Waals surface area contributed by atoms with Crippen LogP contribution < -0.4 is 0 Å². The Hall–Kier alpha value is -0.620. The Balaban J connectivity index is 1.86. The van der Waals surface area contributed by atoms with E-state index in [0.29, 0.717) is 17.0 Å². The largest absolute Gasteiger partial charge is 0.416 e. The highest BCUT2D eigenvalue weighted by molar-refractivity contribution is 6.51. The fourth-order valence-electron chi connectivity index (χ4n) is 2.25. The normalized spacial score (nSPS) is 28.2. The molecule has 1 fully saturated rings. The van der Waals surface area contributed by atoms with Crippen molar-refractivity contribution in [2.24, 2.45) is 0 Å². The smallest absolute Gasteiger partial charge is 0.411 e. The van der Waals surface area contributed by atoms with E-state index in [2.05, 4.69) is 0 Å². The molecule has 0 amide bonds. The Labute approximate surface area is 134 Å². The van der Waals surface area contributed by atoms with Crippen LogP contribution in [0.1, 0.15) is 23.6 Å². The van der Waals surface area contributed by atoms with Crippen LogP contribution in [-0.2, 0) is 11.0 Å². The molecule has 0 radical (unpaired) electrons. The summed E-state index contributed by atoms with van der Waals surface area (Å²) in [5.41, 5.74) is -0.134. The lowest BCUT2D eigenvalue weighted by Gasteiger charge is -2.24. The molecule has 8 heteroatoms. The molecule has 2 nitrogen and oxygen atoms in total. The molecule has 0 bridgehead atoms. The van der Waals surface area contributed by atoms with Gasteiger partial charge in [0.2, 0.25) is 0 Å². The maximum atomic E-state index is 12.6. The summed E-state index contributed by atoms with van der Waals surface area (Å²) in [6, 6.07) is 4.02. The van der Waals surface area contributed by atoms with Crippen molar-refractivity contribution in [3.8, 4) is 0 Å². The van der Waals surface area contributed by atoms with Crippen molar-refractivity contribution in [1.29, 1.82) is 0 Å². The average Bonchev–Trinajstić information content (AvgIpc) is 2.85. The zero-order valence-corrected chi connectivity index (χ0v) is 12.6. The van der Waals surface area contributed by atoms with Crippen molar-refractivity contribution in [1.82, 2.24) is 5.06 Å². The molecule has 21 heavy (non-hydrogen) atoms. The number of alkyl halides is 5. The third kappa shape index (κ3) is 2.84. The Morgan fingerprint density at radius 1 is 1.19 bits per heavy atom. The summed E-state index contributed by atoms with van der Waals surface area (Å²) in [7, 11) is 0. The molecule has 1 aliphatic carbocycles. The van der Waals surface area contributed by atoms with Crippen LogP contribution in [-0.4, -0.2) is 15.4 Å². The van der Waals surface area contributed by atoms with Crippen molar-refractivity contribution in [2.75, 3.05) is 0 Å². The molecule has 114 valence electrons. The minimum absolute atomic E-state index is 0.249. The number of halogens is 6. The monoisotopic (exact) mass is 357 g/mol. The summed E-state index contributed by atoms with van der Waals surface area (Å²) in [6.45, 7) is 0. The lowest BCUT2D eigenvalue weighted by molar-refractivity contribution is -0.137. The highest BCUT2D eigenvalue weighted by atomic mass is 35.5. The summed E-state index contributed by atoms with van der Waals surface area (Å²) in [5.74, 6) is 0. The first kappa shape index (κ1) is 15.3. The van der Waals surface area contributed by atoms with Gasteiger partial charge in [-0.15, -0.1) is 5.06 Å². The SMILES string of the molecule is FC(F)(F)c1ccc(C2C(Cl)=CON2C2CC2(Cl)Cl)cc1. The fourth-order valence-corrected chi connectivity index (χ4v) is 2.99. The van der Waals surface area contributed by atoms with Crippen LogP contribution in [0.3, 0.4) is 0 Å². The summed E-state index contributed by atoms with van der Waals surface area (Å²) in [4.78, 5) is 5.34. The lowest BCUT2D eigenvalue weighted by Crippen LogP contribution is -2.28. The molecule has 1 aliphatic heterocycles. The van der Waals surface area contributed by atoms with E-state index in [4.69, 9.17) is 39.6 Å². The van der Waals surface area contributed by atoms with E-state index >= 15 is 0 Å². The number of nitrogens with zero attached hydrogens (tertiary/aromatic N) is 1. The molecule has 1 saturated carbocycles. The van der Waals surface area contributed by atoms with Crippen molar-refractivity contribution in [2.45, 2.75) is 29.0 Å². The molecule has 0 N–H and O–H groups in total. The van der Waals surface area contributed by atoms with Crippen molar-refractivity contribution < 1.29 is 18.0 Å². The van der Waals surface area contributed by atoms with Crippen LogP contribution in [0.4, 0.5) is 13.2 Å². The predicted molar refractivity (Wildman–Crippen MR) is 73.9 cm³/mol. The minimum Gasteiger partial charge on any atom is -0.411 e. The first-order valence-corrected chi connectivity index (χ1v) is 7.19. The number of hydrogen-bond donors (Lipinski definition) is 0. The van der Waals surface area contributed by atoms with Gasteiger partial charge in [0.1, 0.15) is 16.6 Å². The van der Waals surface area contributed by atoms with Crippen LogP contribution in [0.15, 0.2) is 35.6 Å². The van der Waals surface area contributed by atoms with Crippen LogP contribution in [0.25, 0.3) is 0 Å². The molecule has 3 rings (SSSR count). The van der Waals surface area contributed by atoms with Gasteiger partial charge < -0.3 is 4.84 Å². The van der Waals surface area contributed by atoms with E-state index in [1.807, 2.05) is 0 Å². The highest BCUT2D eigenvalue weighted by Crippen LogP contribution is 2.55. The van der Waals surface area contributed by atoms with Gasteiger partial charge in [0.15, 0.2) is 0 Å². The number of benzene rings is 1. The zero-order chi connectivity index (χ0) is 15.4. The Bertz CT molecular complexity index is 585.